The van der Waals surface area contributed by atoms with Crippen LogP contribution in [0.15, 0.2) is 91.0 Å². The fourth-order valence-electron chi connectivity index (χ4n) is 10.5. The lowest BCUT2D eigenvalue weighted by molar-refractivity contribution is -0.136. The van der Waals surface area contributed by atoms with Gasteiger partial charge in [0.1, 0.15) is 54.4 Å². The van der Waals surface area contributed by atoms with E-state index >= 15 is 0 Å². The first kappa shape index (κ1) is 73.6. The molecule has 3 aromatic rings. The maximum absolute atomic E-state index is 14.7. The third-order valence-electron chi connectivity index (χ3n) is 15.5. The van der Waals surface area contributed by atoms with Crippen LogP contribution in [-0.4, -0.2) is 151 Å². The summed E-state index contributed by atoms with van der Waals surface area (Å²) in [5.41, 5.74) is 31.6. The van der Waals surface area contributed by atoms with Gasteiger partial charge in [0, 0.05) is 19.3 Å². The van der Waals surface area contributed by atoms with E-state index in [0.29, 0.717) is 35.4 Å². The molecule has 0 spiro atoms. The molecule has 0 bridgehead atoms. The molecule has 0 saturated heterocycles. The van der Waals surface area contributed by atoms with E-state index in [1.54, 1.807) is 91.0 Å². The van der Waals surface area contributed by atoms with E-state index in [-0.39, 0.29) is 82.8 Å². The molecule has 1 saturated carbocycles. The maximum atomic E-state index is 14.7. The number of benzene rings is 3. The van der Waals surface area contributed by atoms with Crippen molar-refractivity contribution in [3.8, 4) is 0 Å². The lowest BCUT2D eigenvalue weighted by Gasteiger charge is -2.29. The summed E-state index contributed by atoms with van der Waals surface area (Å²) in [4.78, 5) is 140. The van der Waals surface area contributed by atoms with Crippen LogP contribution < -0.4 is 76.5 Å². The van der Waals surface area contributed by atoms with Gasteiger partial charge in [0.15, 0.2) is 0 Å². The van der Waals surface area contributed by atoms with Gasteiger partial charge in [-0.05, 0) is 99.0 Å². The highest BCUT2D eigenvalue weighted by atomic mass is 16.3. The molecule has 10 atom stereocenters. The topological polar surface area (TPSA) is 429 Å². The SMILES string of the molecule is CC(C)CC[C@@H](NC(=O)[C@H](CCN)NC(=O)[C@H](CC(C)C)NC(=O)[C@@H](Cc1ccccc1)NC(=O)[C@H](CCN)NC(=O)[C@H](Cc1ccccc1)NC(=O)[C@H](CCN)NC(=O)[C@@H](N)CC1CCCCC1)C(=O)N[C@@H](Cc1ccccc1)C(=O)N[C@@H](CO)C(N)=O. The van der Waals surface area contributed by atoms with Gasteiger partial charge in [-0.25, -0.2) is 0 Å². The fourth-order valence-corrected chi connectivity index (χ4v) is 10.5. The normalized spacial score (nSPS) is 15.9. The van der Waals surface area contributed by atoms with E-state index in [2.05, 4.69) is 47.9 Å². The van der Waals surface area contributed by atoms with Crippen molar-refractivity contribution in [2.24, 2.45) is 46.4 Å². The highest BCUT2D eigenvalue weighted by molar-refractivity contribution is 5.99. The highest BCUT2D eigenvalue weighted by Crippen LogP contribution is 2.27. The van der Waals surface area contributed by atoms with Crippen LogP contribution in [-0.2, 0) is 67.2 Å². The molecule has 0 heterocycles. The summed E-state index contributed by atoms with van der Waals surface area (Å²) in [5, 5.41) is 34.1. The second kappa shape index (κ2) is 39.2. The average molecular weight is 1240 g/mol. The van der Waals surface area contributed by atoms with Gasteiger partial charge in [0.05, 0.1) is 12.6 Å². The summed E-state index contributed by atoms with van der Waals surface area (Å²) in [6.45, 7) is 6.51. The molecule has 1 aliphatic carbocycles. The number of amides is 10. The molecule has 20 N–H and O–H groups in total. The van der Waals surface area contributed by atoms with Crippen LogP contribution >= 0.6 is 0 Å². The maximum Gasteiger partial charge on any atom is 0.243 e. The number of aliphatic hydroxyl groups is 1. The zero-order valence-electron chi connectivity index (χ0n) is 52.0. The van der Waals surface area contributed by atoms with E-state index in [1.165, 1.54) is 0 Å². The van der Waals surface area contributed by atoms with Crippen LogP contribution in [0, 0.1) is 17.8 Å². The van der Waals surface area contributed by atoms with E-state index in [9.17, 15) is 53.1 Å². The lowest BCUT2D eigenvalue weighted by atomic mass is 9.85. The molecular formula is C64H98N14O11. The van der Waals surface area contributed by atoms with Crippen molar-refractivity contribution in [1.29, 1.82) is 0 Å². The fraction of sp³-hybridized carbons (Fsp3) is 0.562. The number of rotatable bonds is 39. The Balaban J connectivity index is 1.57. The Kier molecular flexibility index (Phi) is 32.5. The molecule has 1 aliphatic rings. The quantitative estimate of drug-likeness (QED) is 0.0339. The number of nitrogens with two attached hydrogens (primary N) is 5. The molecule has 490 valence electrons. The van der Waals surface area contributed by atoms with Crippen molar-refractivity contribution in [2.45, 2.75) is 184 Å². The number of hydrogen-bond donors (Lipinski definition) is 15. The minimum Gasteiger partial charge on any atom is -0.394 e. The average Bonchev–Trinajstić information content (AvgIpc) is 2.89. The van der Waals surface area contributed by atoms with Gasteiger partial charge in [-0.1, -0.05) is 151 Å². The molecule has 10 amide bonds. The Morgan fingerprint density at radius 2 is 0.708 bits per heavy atom. The summed E-state index contributed by atoms with van der Waals surface area (Å²) in [6, 6.07) is 13.7. The number of carbonyl (C=O) groups excluding carboxylic acids is 10. The predicted octanol–water partition coefficient (Wildman–Crippen LogP) is -0.618. The summed E-state index contributed by atoms with van der Waals surface area (Å²) >= 11 is 0. The standard InChI is InChI=1S/C64H98N14O11/c1-39(2)25-26-46(57(82)75-53(37-44-23-15-8-16-24-44)64(89)78-54(38-79)55(69)80)71-58(83)48(28-31-66)72-61(86)50(33-40(3)4)74-63(88)52(36-43-21-13-7-14-22-43)77-60(85)49(29-32-67)73-62(87)51(35-42-19-11-6-12-20-42)76-59(84)47(27-30-65)70-56(81)45(68)34-41-17-9-5-10-18-41/h6-8,11-16,19-24,39-41,45-54,79H,5,9-10,17-18,25-38,65-68H2,1-4H3,(H2,69,80)(H,70,81)(H,71,83)(H,72,86)(H,73,87)(H,74,88)(H,75,82)(H,76,84)(H,77,85)(H,78,89)/t45-,46+,47-,48-,49-,50-,51-,52+,53-,54-/m0/s1. The van der Waals surface area contributed by atoms with Crippen molar-refractivity contribution >= 4 is 59.1 Å². The predicted molar refractivity (Wildman–Crippen MR) is 338 cm³/mol. The van der Waals surface area contributed by atoms with E-state index in [0.717, 1.165) is 32.1 Å². The van der Waals surface area contributed by atoms with Crippen LogP contribution in [0.1, 0.15) is 121 Å². The van der Waals surface area contributed by atoms with Gasteiger partial charge in [-0.3, -0.25) is 47.9 Å². The zero-order chi connectivity index (χ0) is 65.4. The molecule has 0 aliphatic heterocycles. The third-order valence-corrected chi connectivity index (χ3v) is 15.5. The molecule has 0 unspecified atom stereocenters. The second-order valence-corrected chi connectivity index (χ2v) is 23.9. The number of aliphatic hydroxyl groups excluding tert-OH is 1. The molecule has 25 heteroatoms. The summed E-state index contributed by atoms with van der Waals surface area (Å²) in [6.07, 6.45) is 5.97. The second-order valence-electron chi connectivity index (χ2n) is 23.9. The number of nitrogens with one attached hydrogen (secondary N) is 9. The van der Waals surface area contributed by atoms with E-state index in [1.807, 2.05) is 27.7 Å². The van der Waals surface area contributed by atoms with Crippen LogP contribution in [0.25, 0.3) is 0 Å². The van der Waals surface area contributed by atoms with Crippen molar-refractivity contribution in [1.82, 2.24) is 47.9 Å². The van der Waals surface area contributed by atoms with Gasteiger partial charge in [0.2, 0.25) is 59.1 Å². The first-order chi connectivity index (χ1) is 42.5. The van der Waals surface area contributed by atoms with Crippen molar-refractivity contribution in [2.75, 3.05) is 26.2 Å². The zero-order valence-corrected chi connectivity index (χ0v) is 52.0. The van der Waals surface area contributed by atoms with Crippen LogP contribution in [0.2, 0.25) is 0 Å². The Hall–Kier alpha value is -7.84. The molecular weight excluding hydrogens is 1140 g/mol. The van der Waals surface area contributed by atoms with Gasteiger partial charge in [-0.2, -0.15) is 0 Å². The van der Waals surface area contributed by atoms with Crippen LogP contribution in [0.4, 0.5) is 0 Å². The first-order valence-corrected chi connectivity index (χ1v) is 31.2. The molecule has 89 heavy (non-hydrogen) atoms. The first-order valence-electron chi connectivity index (χ1n) is 31.2. The Labute approximate surface area is 522 Å². The van der Waals surface area contributed by atoms with E-state index in [4.69, 9.17) is 28.7 Å². The molecule has 1 fully saturated rings. The molecule has 4 rings (SSSR count). The summed E-state index contributed by atoms with van der Waals surface area (Å²) in [7, 11) is 0. The minimum absolute atomic E-state index is 0.0242. The van der Waals surface area contributed by atoms with Crippen molar-refractivity contribution in [3.05, 3.63) is 108 Å². The number of carbonyl (C=O) groups is 10. The Bertz CT molecular complexity index is 2720. The summed E-state index contributed by atoms with van der Waals surface area (Å²) < 4.78 is 0. The van der Waals surface area contributed by atoms with Crippen molar-refractivity contribution in [3.63, 3.8) is 0 Å². The van der Waals surface area contributed by atoms with Gasteiger partial charge >= 0.3 is 0 Å². The number of hydrogen-bond acceptors (Lipinski definition) is 15. The van der Waals surface area contributed by atoms with Crippen LogP contribution in [0.5, 0.6) is 0 Å². The Morgan fingerprint density at radius 1 is 0.404 bits per heavy atom. The molecule has 0 aromatic heterocycles. The highest BCUT2D eigenvalue weighted by Gasteiger charge is 2.36. The monoisotopic (exact) mass is 1240 g/mol. The van der Waals surface area contributed by atoms with Crippen LogP contribution in [0.3, 0.4) is 0 Å². The Morgan fingerprint density at radius 3 is 1.03 bits per heavy atom. The largest absolute Gasteiger partial charge is 0.394 e. The minimum atomic E-state index is -1.44. The van der Waals surface area contributed by atoms with Crippen molar-refractivity contribution < 1.29 is 53.1 Å². The molecule has 25 nitrogen and oxygen atoms in total. The third kappa shape index (κ3) is 26.4. The molecule has 0 radical (unpaired) electrons. The van der Waals surface area contributed by atoms with Gasteiger partial charge in [-0.15, -0.1) is 0 Å². The summed E-state index contributed by atoms with van der Waals surface area (Å²) in [5.74, 6) is -7.57. The van der Waals surface area contributed by atoms with Gasteiger partial charge < -0.3 is 81.6 Å². The van der Waals surface area contributed by atoms with E-state index < -0.39 is 126 Å². The lowest BCUT2D eigenvalue weighted by Crippen LogP contribution is -2.61. The molecule has 3 aromatic carbocycles. The van der Waals surface area contributed by atoms with Gasteiger partial charge in [0.25, 0.3) is 0 Å². The number of primary amides is 1. The smallest absolute Gasteiger partial charge is 0.243 e.